The largest absolute Gasteiger partial charge is 0.506 e. The molecule has 7 heteroatoms. The number of amides is 1. The number of hydrogen-bond acceptors (Lipinski definition) is 6. The van der Waals surface area contributed by atoms with Gasteiger partial charge in [-0.25, -0.2) is 9.78 Å². The van der Waals surface area contributed by atoms with Crippen LogP contribution in [-0.4, -0.2) is 34.0 Å². The Bertz CT molecular complexity index is 779. The van der Waals surface area contributed by atoms with Crippen LogP contribution in [0.5, 0.6) is 5.75 Å². The Kier molecular flexibility index (Phi) is 4.65. The molecule has 1 aliphatic carbocycles. The van der Waals surface area contributed by atoms with E-state index in [1.54, 1.807) is 26.1 Å². The summed E-state index contributed by atoms with van der Waals surface area (Å²) in [6.45, 7) is 3.60. The first-order valence-electron chi connectivity index (χ1n) is 8.47. The van der Waals surface area contributed by atoms with E-state index in [1.807, 2.05) is 6.92 Å². The van der Waals surface area contributed by atoms with E-state index in [0.29, 0.717) is 23.6 Å². The highest BCUT2D eigenvalue weighted by Crippen LogP contribution is 2.39. The summed E-state index contributed by atoms with van der Waals surface area (Å²) in [6, 6.07) is 3.29. The molecule has 0 unspecified atom stereocenters. The number of hydrogen-bond donors (Lipinski definition) is 2. The first-order valence-corrected chi connectivity index (χ1v) is 8.47. The predicted molar refractivity (Wildman–Crippen MR) is 91.3 cm³/mol. The molecule has 0 aromatic carbocycles. The Morgan fingerprint density at radius 3 is 2.68 bits per heavy atom. The summed E-state index contributed by atoms with van der Waals surface area (Å²) < 4.78 is 11.2. The van der Waals surface area contributed by atoms with Crippen molar-refractivity contribution in [2.45, 2.75) is 51.6 Å². The van der Waals surface area contributed by atoms with Crippen LogP contribution in [0.25, 0.3) is 11.5 Å². The van der Waals surface area contributed by atoms with Crippen molar-refractivity contribution in [3.05, 3.63) is 29.1 Å². The molecule has 1 fully saturated rings. The molecule has 3 rings (SSSR count). The Morgan fingerprint density at radius 1 is 1.32 bits per heavy atom. The highest BCUT2D eigenvalue weighted by molar-refractivity contribution is 5.67. The van der Waals surface area contributed by atoms with Crippen LogP contribution in [0, 0.1) is 13.8 Å². The molecule has 2 aromatic rings. The van der Waals surface area contributed by atoms with Crippen molar-refractivity contribution < 1.29 is 19.2 Å². The normalized spacial score (nSPS) is 16.0. The van der Waals surface area contributed by atoms with Gasteiger partial charge in [0.05, 0.1) is 11.4 Å². The SMILES string of the molecule is CNC(=O)OC1(Cc2c(C)noc2-c2ccc(O)c(C)n2)CCCC1. The van der Waals surface area contributed by atoms with Gasteiger partial charge in [0.2, 0.25) is 0 Å². The van der Waals surface area contributed by atoms with Crippen LogP contribution < -0.4 is 5.32 Å². The molecule has 0 bridgehead atoms. The lowest BCUT2D eigenvalue weighted by molar-refractivity contribution is 0.0172. The standard InChI is InChI=1S/C18H23N3O4/c1-11-13(10-18(8-4-5-9-18)24-17(23)19-3)16(25-21-11)14-6-7-15(22)12(2)20-14/h6-7,22H,4-5,8-10H2,1-3H3,(H,19,23). The summed E-state index contributed by atoms with van der Waals surface area (Å²) in [6.07, 6.45) is 3.78. The summed E-state index contributed by atoms with van der Waals surface area (Å²) in [5.41, 5.74) is 2.24. The molecule has 0 aliphatic heterocycles. The highest BCUT2D eigenvalue weighted by atomic mass is 16.6. The topological polar surface area (TPSA) is 97.5 Å². The lowest BCUT2D eigenvalue weighted by Gasteiger charge is -2.28. The van der Waals surface area contributed by atoms with Gasteiger partial charge in [-0.3, -0.25) is 0 Å². The number of aromatic nitrogens is 2. The number of carbonyl (C=O) groups is 1. The van der Waals surface area contributed by atoms with Crippen LogP contribution in [0.1, 0.15) is 42.6 Å². The molecule has 0 saturated heterocycles. The summed E-state index contributed by atoms with van der Waals surface area (Å²) in [5.74, 6) is 0.698. The van der Waals surface area contributed by atoms with Gasteiger partial charge in [0.25, 0.3) is 0 Å². The molecular formula is C18H23N3O4. The lowest BCUT2D eigenvalue weighted by Crippen LogP contribution is -2.38. The number of aromatic hydroxyl groups is 1. The van der Waals surface area contributed by atoms with Crippen LogP contribution in [0.15, 0.2) is 16.7 Å². The van der Waals surface area contributed by atoms with Crippen LogP contribution in [0.4, 0.5) is 4.79 Å². The van der Waals surface area contributed by atoms with E-state index in [0.717, 1.165) is 36.9 Å². The van der Waals surface area contributed by atoms with E-state index in [4.69, 9.17) is 9.26 Å². The second-order valence-corrected chi connectivity index (χ2v) is 6.58. The minimum atomic E-state index is -0.545. The molecule has 1 aliphatic rings. The Balaban J connectivity index is 1.95. The second kappa shape index (κ2) is 6.74. The van der Waals surface area contributed by atoms with Gasteiger partial charge in [-0.15, -0.1) is 0 Å². The fourth-order valence-corrected chi connectivity index (χ4v) is 3.38. The fraction of sp³-hybridized carbons (Fsp3) is 0.500. The van der Waals surface area contributed by atoms with Gasteiger partial charge in [0, 0.05) is 19.0 Å². The van der Waals surface area contributed by atoms with Gasteiger partial charge < -0.3 is 19.7 Å². The first kappa shape index (κ1) is 17.3. The third-order valence-corrected chi connectivity index (χ3v) is 4.80. The zero-order valence-corrected chi connectivity index (χ0v) is 14.8. The van der Waals surface area contributed by atoms with Crippen molar-refractivity contribution in [3.8, 4) is 17.2 Å². The molecule has 134 valence electrons. The monoisotopic (exact) mass is 345 g/mol. The molecule has 1 amide bonds. The van der Waals surface area contributed by atoms with Crippen LogP contribution in [0.2, 0.25) is 0 Å². The molecule has 0 spiro atoms. The number of pyridine rings is 1. The maximum absolute atomic E-state index is 11.8. The van der Waals surface area contributed by atoms with E-state index in [1.165, 1.54) is 0 Å². The van der Waals surface area contributed by atoms with Gasteiger partial charge >= 0.3 is 6.09 Å². The lowest BCUT2D eigenvalue weighted by atomic mass is 9.91. The minimum Gasteiger partial charge on any atom is -0.506 e. The smallest absolute Gasteiger partial charge is 0.407 e. The third-order valence-electron chi connectivity index (χ3n) is 4.80. The molecule has 25 heavy (non-hydrogen) atoms. The minimum absolute atomic E-state index is 0.136. The van der Waals surface area contributed by atoms with Gasteiger partial charge in [-0.1, -0.05) is 5.16 Å². The Morgan fingerprint density at radius 2 is 2.04 bits per heavy atom. The molecule has 0 atom stereocenters. The third kappa shape index (κ3) is 3.45. The van der Waals surface area contributed by atoms with Gasteiger partial charge in [0.1, 0.15) is 17.0 Å². The Labute approximate surface area is 146 Å². The summed E-state index contributed by atoms with van der Waals surface area (Å²) in [5, 5.41) is 16.3. The maximum atomic E-state index is 11.8. The number of alkyl carbamates (subject to hydrolysis) is 1. The number of nitrogens with one attached hydrogen (secondary N) is 1. The molecule has 1 saturated carbocycles. The van der Waals surface area contributed by atoms with Gasteiger partial charge in [-0.2, -0.15) is 0 Å². The first-order chi connectivity index (χ1) is 11.9. The fourth-order valence-electron chi connectivity index (χ4n) is 3.38. The highest BCUT2D eigenvalue weighted by Gasteiger charge is 2.40. The number of aryl methyl sites for hydroxylation is 2. The van der Waals surface area contributed by atoms with Crippen molar-refractivity contribution in [1.82, 2.24) is 15.5 Å². The van der Waals surface area contributed by atoms with E-state index < -0.39 is 11.7 Å². The summed E-state index contributed by atoms with van der Waals surface area (Å²) in [4.78, 5) is 16.2. The molecule has 2 N–H and O–H groups in total. The molecule has 7 nitrogen and oxygen atoms in total. The number of carbonyl (C=O) groups excluding carboxylic acids is 1. The van der Waals surface area contributed by atoms with E-state index in [2.05, 4.69) is 15.5 Å². The maximum Gasteiger partial charge on any atom is 0.407 e. The van der Waals surface area contributed by atoms with Crippen LogP contribution in [0.3, 0.4) is 0 Å². The van der Waals surface area contributed by atoms with Gasteiger partial charge in [0.15, 0.2) is 5.76 Å². The van der Waals surface area contributed by atoms with E-state index >= 15 is 0 Å². The van der Waals surface area contributed by atoms with Crippen molar-refractivity contribution >= 4 is 6.09 Å². The summed E-state index contributed by atoms with van der Waals surface area (Å²) >= 11 is 0. The van der Waals surface area contributed by atoms with Crippen LogP contribution >= 0.6 is 0 Å². The number of nitrogens with zero attached hydrogens (tertiary/aromatic N) is 2. The van der Waals surface area contributed by atoms with Crippen molar-refractivity contribution in [1.29, 1.82) is 0 Å². The van der Waals surface area contributed by atoms with Crippen molar-refractivity contribution in [2.75, 3.05) is 7.05 Å². The van der Waals surface area contributed by atoms with Crippen LogP contribution in [-0.2, 0) is 11.2 Å². The second-order valence-electron chi connectivity index (χ2n) is 6.58. The molecule has 2 heterocycles. The Hall–Kier alpha value is -2.57. The van der Waals surface area contributed by atoms with Crippen molar-refractivity contribution in [2.24, 2.45) is 0 Å². The predicted octanol–water partition coefficient (Wildman–Crippen LogP) is 3.27. The number of rotatable bonds is 4. The average molecular weight is 345 g/mol. The molecule has 2 aromatic heterocycles. The molecular weight excluding hydrogens is 322 g/mol. The van der Waals surface area contributed by atoms with E-state index in [-0.39, 0.29) is 5.75 Å². The average Bonchev–Trinajstić information content (AvgIpc) is 3.18. The van der Waals surface area contributed by atoms with Crippen molar-refractivity contribution in [3.63, 3.8) is 0 Å². The summed E-state index contributed by atoms with van der Waals surface area (Å²) in [7, 11) is 1.56. The van der Waals surface area contributed by atoms with Gasteiger partial charge in [-0.05, 0) is 51.7 Å². The quantitative estimate of drug-likeness (QED) is 0.882. The molecule has 0 radical (unpaired) electrons. The zero-order chi connectivity index (χ0) is 18.0. The van der Waals surface area contributed by atoms with E-state index in [9.17, 15) is 9.90 Å². The zero-order valence-electron chi connectivity index (χ0n) is 14.8. The number of ether oxygens (including phenoxy) is 1.